The number of aromatic nitrogens is 1. The van der Waals surface area contributed by atoms with Crippen molar-refractivity contribution in [3.63, 3.8) is 0 Å². The van der Waals surface area contributed by atoms with Crippen molar-refractivity contribution in [2.75, 3.05) is 5.32 Å². The van der Waals surface area contributed by atoms with Gasteiger partial charge in [0.15, 0.2) is 0 Å². The maximum atomic E-state index is 12.1. The van der Waals surface area contributed by atoms with Crippen LogP contribution in [0.15, 0.2) is 42.6 Å². The van der Waals surface area contributed by atoms with E-state index in [1.54, 1.807) is 12.3 Å². The third-order valence-corrected chi connectivity index (χ3v) is 3.50. The van der Waals surface area contributed by atoms with Gasteiger partial charge in [-0.15, -0.1) is 0 Å². The molecule has 2 rings (SSSR count). The molecule has 1 heterocycles. The number of carbonyl (C=O) groups is 1. The molecular formula is C20H27N3O. The van der Waals surface area contributed by atoms with Gasteiger partial charge in [0.1, 0.15) is 5.69 Å². The van der Waals surface area contributed by atoms with E-state index in [1.165, 1.54) is 5.56 Å². The van der Waals surface area contributed by atoms with Gasteiger partial charge in [-0.05, 0) is 49.9 Å². The Kier molecular flexibility index (Phi) is 4.97. The topological polar surface area (TPSA) is 54.0 Å². The minimum atomic E-state index is -0.276. The number of hydrogen-bond donors (Lipinski definition) is 2. The fraction of sp³-hybridized carbons (Fsp3) is 0.400. The molecule has 2 aromatic rings. The lowest BCUT2D eigenvalue weighted by atomic mass is 9.86. The van der Waals surface area contributed by atoms with E-state index in [9.17, 15) is 4.79 Å². The molecule has 0 bridgehead atoms. The number of rotatable bonds is 3. The number of nitrogens with zero attached hydrogens (tertiary/aromatic N) is 1. The molecule has 4 nitrogen and oxygen atoms in total. The summed E-state index contributed by atoms with van der Waals surface area (Å²) in [7, 11) is 0. The molecule has 1 amide bonds. The smallest absolute Gasteiger partial charge is 0.270 e. The quantitative estimate of drug-likeness (QED) is 0.863. The van der Waals surface area contributed by atoms with Gasteiger partial charge in [-0.3, -0.25) is 4.79 Å². The maximum absolute atomic E-state index is 12.1. The third kappa shape index (κ3) is 4.82. The van der Waals surface area contributed by atoms with E-state index in [0.717, 1.165) is 11.4 Å². The lowest BCUT2D eigenvalue weighted by Gasteiger charge is -2.23. The number of para-hydroxylation sites is 1. The Bertz CT molecular complexity index is 707. The van der Waals surface area contributed by atoms with Gasteiger partial charge >= 0.3 is 0 Å². The molecule has 128 valence electrons. The van der Waals surface area contributed by atoms with Crippen LogP contribution >= 0.6 is 0 Å². The standard InChI is InChI=1S/C20H27N3O/c1-19(2,3)15-9-7-8-10-16(15)22-14-11-12-17(21-13-14)18(24)23-20(4,5)6/h7-13,22H,1-6H3,(H,23,24). The Morgan fingerprint density at radius 1 is 0.958 bits per heavy atom. The zero-order chi connectivity index (χ0) is 18.0. The molecule has 4 heteroatoms. The molecule has 0 radical (unpaired) electrons. The van der Waals surface area contributed by atoms with Crippen LogP contribution in [-0.2, 0) is 5.41 Å². The summed E-state index contributed by atoms with van der Waals surface area (Å²) in [5.74, 6) is -0.163. The first-order valence-electron chi connectivity index (χ1n) is 8.21. The molecule has 0 atom stereocenters. The van der Waals surface area contributed by atoms with E-state index in [0.29, 0.717) is 5.69 Å². The van der Waals surface area contributed by atoms with Crippen molar-refractivity contribution in [2.24, 2.45) is 0 Å². The molecule has 0 spiro atoms. The highest BCUT2D eigenvalue weighted by Gasteiger charge is 2.18. The number of carbonyl (C=O) groups excluding carboxylic acids is 1. The lowest BCUT2D eigenvalue weighted by Crippen LogP contribution is -2.40. The van der Waals surface area contributed by atoms with Gasteiger partial charge in [-0.1, -0.05) is 39.0 Å². The highest BCUT2D eigenvalue weighted by atomic mass is 16.2. The summed E-state index contributed by atoms with van der Waals surface area (Å²) >= 11 is 0. The number of nitrogens with one attached hydrogen (secondary N) is 2. The predicted molar refractivity (Wildman–Crippen MR) is 99.9 cm³/mol. The van der Waals surface area contributed by atoms with Crippen molar-refractivity contribution in [1.29, 1.82) is 0 Å². The van der Waals surface area contributed by atoms with Crippen molar-refractivity contribution >= 4 is 17.3 Å². The van der Waals surface area contributed by atoms with Crippen molar-refractivity contribution < 1.29 is 4.79 Å². The molecule has 0 aliphatic heterocycles. The summed E-state index contributed by atoms with van der Waals surface area (Å²) in [5, 5.41) is 6.31. The summed E-state index contributed by atoms with van der Waals surface area (Å²) in [6.07, 6.45) is 1.69. The Morgan fingerprint density at radius 2 is 1.62 bits per heavy atom. The summed E-state index contributed by atoms with van der Waals surface area (Å²) in [5.41, 5.74) is 3.34. The molecule has 0 saturated carbocycles. The average Bonchev–Trinajstić information content (AvgIpc) is 2.45. The van der Waals surface area contributed by atoms with Gasteiger partial charge in [-0.25, -0.2) is 4.98 Å². The third-order valence-electron chi connectivity index (χ3n) is 3.50. The van der Waals surface area contributed by atoms with Gasteiger partial charge in [0.25, 0.3) is 5.91 Å². The molecule has 0 aliphatic carbocycles. The predicted octanol–water partition coefficient (Wildman–Crippen LogP) is 4.65. The molecule has 1 aromatic heterocycles. The number of hydrogen-bond acceptors (Lipinski definition) is 3. The number of benzene rings is 1. The monoisotopic (exact) mass is 325 g/mol. The van der Waals surface area contributed by atoms with Gasteiger partial charge in [0, 0.05) is 11.2 Å². The second-order valence-electron chi connectivity index (χ2n) is 8.06. The van der Waals surface area contributed by atoms with Crippen LogP contribution in [-0.4, -0.2) is 16.4 Å². The highest BCUT2D eigenvalue weighted by molar-refractivity contribution is 5.93. The average molecular weight is 325 g/mol. The normalized spacial score (nSPS) is 11.9. The van der Waals surface area contributed by atoms with Gasteiger partial charge < -0.3 is 10.6 Å². The first kappa shape index (κ1) is 18.0. The van der Waals surface area contributed by atoms with Crippen molar-refractivity contribution in [1.82, 2.24) is 10.3 Å². The molecule has 2 N–H and O–H groups in total. The first-order valence-corrected chi connectivity index (χ1v) is 8.21. The number of anilines is 2. The van der Waals surface area contributed by atoms with Crippen LogP contribution in [0.3, 0.4) is 0 Å². The Labute approximate surface area is 144 Å². The minimum absolute atomic E-state index is 0.0452. The largest absolute Gasteiger partial charge is 0.354 e. The van der Waals surface area contributed by atoms with E-state index >= 15 is 0 Å². The van der Waals surface area contributed by atoms with E-state index in [1.807, 2.05) is 39.0 Å². The summed E-state index contributed by atoms with van der Waals surface area (Å²) in [6, 6.07) is 11.9. The summed E-state index contributed by atoms with van der Waals surface area (Å²) in [4.78, 5) is 16.4. The molecular weight excluding hydrogens is 298 g/mol. The SMILES string of the molecule is CC(C)(C)NC(=O)c1ccc(Nc2ccccc2C(C)(C)C)cn1. The second-order valence-corrected chi connectivity index (χ2v) is 8.06. The van der Waals surface area contributed by atoms with E-state index in [-0.39, 0.29) is 16.9 Å². The van der Waals surface area contributed by atoms with E-state index in [2.05, 4.69) is 48.5 Å². The van der Waals surface area contributed by atoms with Gasteiger partial charge in [0.05, 0.1) is 11.9 Å². The number of amides is 1. The van der Waals surface area contributed by atoms with Crippen molar-refractivity contribution in [3.05, 3.63) is 53.9 Å². The molecule has 1 aromatic carbocycles. The molecule has 0 unspecified atom stereocenters. The van der Waals surface area contributed by atoms with E-state index < -0.39 is 0 Å². The maximum Gasteiger partial charge on any atom is 0.270 e. The van der Waals surface area contributed by atoms with Gasteiger partial charge in [0.2, 0.25) is 0 Å². The summed E-state index contributed by atoms with van der Waals surface area (Å²) < 4.78 is 0. The molecule has 0 fully saturated rings. The van der Waals surface area contributed by atoms with Crippen molar-refractivity contribution in [2.45, 2.75) is 52.5 Å². The second kappa shape index (κ2) is 6.63. The van der Waals surface area contributed by atoms with Crippen molar-refractivity contribution in [3.8, 4) is 0 Å². The molecule has 0 saturated heterocycles. The van der Waals surface area contributed by atoms with Crippen LogP contribution in [0.1, 0.15) is 57.6 Å². The fourth-order valence-corrected chi connectivity index (χ4v) is 2.41. The fourth-order valence-electron chi connectivity index (χ4n) is 2.41. The van der Waals surface area contributed by atoms with Crippen LogP contribution in [0.5, 0.6) is 0 Å². The van der Waals surface area contributed by atoms with Crippen LogP contribution in [0.2, 0.25) is 0 Å². The summed E-state index contributed by atoms with van der Waals surface area (Å²) in [6.45, 7) is 12.4. The first-order chi connectivity index (χ1) is 11.1. The molecule has 24 heavy (non-hydrogen) atoms. The zero-order valence-corrected chi connectivity index (χ0v) is 15.4. The molecule has 0 aliphatic rings. The minimum Gasteiger partial charge on any atom is -0.354 e. The Balaban J connectivity index is 2.17. The lowest BCUT2D eigenvalue weighted by molar-refractivity contribution is 0.0914. The van der Waals surface area contributed by atoms with Crippen LogP contribution in [0.25, 0.3) is 0 Å². The van der Waals surface area contributed by atoms with Crippen LogP contribution in [0.4, 0.5) is 11.4 Å². The van der Waals surface area contributed by atoms with E-state index in [4.69, 9.17) is 0 Å². The van der Waals surface area contributed by atoms with Crippen LogP contribution in [0, 0.1) is 0 Å². The zero-order valence-electron chi connectivity index (χ0n) is 15.4. The van der Waals surface area contributed by atoms with Gasteiger partial charge in [-0.2, -0.15) is 0 Å². The Morgan fingerprint density at radius 3 is 2.17 bits per heavy atom. The number of pyridine rings is 1. The Hall–Kier alpha value is -2.36. The highest BCUT2D eigenvalue weighted by Crippen LogP contribution is 2.31. The van der Waals surface area contributed by atoms with Crippen LogP contribution < -0.4 is 10.6 Å².